The maximum Gasteiger partial charge on any atom is 0.241 e. The number of hydrogen-bond acceptors (Lipinski definition) is 3. The van der Waals surface area contributed by atoms with Crippen molar-refractivity contribution >= 4 is 23.2 Å². The van der Waals surface area contributed by atoms with Gasteiger partial charge in [0.05, 0.1) is 17.4 Å². The van der Waals surface area contributed by atoms with Crippen LogP contribution in [0.2, 0.25) is 5.02 Å². The van der Waals surface area contributed by atoms with E-state index in [-0.39, 0.29) is 5.91 Å². The smallest absolute Gasteiger partial charge is 0.241 e. The van der Waals surface area contributed by atoms with Crippen LogP contribution in [0.3, 0.4) is 0 Å². The number of nitrogens with two attached hydrogens (primary N) is 1. The molecule has 1 aromatic carbocycles. The van der Waals surface area contributed by atoms with E-state index >= 15 is 0 Å². The largest absolute Gasteiger partial charge is 0.323 e. The molecule has 5 nitrogen and oxygen atoms in total. The topological polar surface area (TPSA) is 72.9 Å². The average molecular weight is 293 g/mol. The first kappa shape index (κ1) is 14.6. The molecule has 1 heterocycles. The van der Waals surface area contributed by atoms with Crippen molar-refractivity contribution in [3.8, 4) is 5.69 Å². The van der Waals surface area contributed by atoms with Gasteiger partial charge in [0.2, 0.25) is 5.91 Å². The van der Waals surface area contributed by atoms with Crippen molar-refractivity contribution in [3.05, 3.63) is 41.7 Å². The lowest BCUT2D eigenvalue weighted by Gasteiger charge is -2.14. The monoisotopic (exact) mass is 292 g/mol. The minimum atomic E-state index is -0.524. The average Bonchev–Trinajstić information content (AvgIpc) is 2.93. The van der Waals surface area contributed by atoms with Gasteiger partial charge in [0, 0.05) is 17.4 Å². The van der Waals surface area contributed by atoms with Crippen LogP contribution < -0.4 is 11.1 Å². The van der Waals surface area contributed by atoms with E-state index in [4.69, 9.17) is 17.3 Å². The van der Waals surface area contributed by atoms with E-state index in [1.165, 1.54) is 0 Å². The fraction of sp³-hybridized carbons (Fsp3) is 0.286. The molecule has 1 aromatic heterocycles. The summed E-state index contributed by atoms with van der Waals surface area (Å²) in [6.45, 7) is 1.99. The summed E-state index contributed by atoms with van der Waals surface area (Å²) in [6.07, 6.45) is 4.97. The predicted octanol–water partition coefficient (Wildman–Crippen LogP) is 2.59. The Morgan fingerprint density at radius 1 is 1.55 bits per heavy atom. The standard InChI is InChI=1S/C14H17ClN4O/c1-2-4-11(16)14(20)18-12-9-10(15)5-6-13(12)19-8-3-7-17-19/h3,5-9,11H,2,4,16H2,1H3,(H,18,20)/t11-/m0/s1. The molecule has 0 aliphatic heterocycles. The van der Waals surface area contributed by atoms with Crippen molar-refractivity contribution < 1.29 is 4.79 Å². The van der Waals surface area contributed by atoms with Crippen LogP contribution in [0.5, 0.6) is 0 Å². The highest BCUT2D eigenvalue weighted by Crippen LogP contribution is 2.24. The number of nitrogens with one attached hydrogen (secondary N) is 1. The number of carbonyl (C=O) groups excluding carboxylic acids is 1. The zero-order valence-electron chi connectivity index (χ0n) is 11.2. The number of halogens is 1. The summed E-state index contributed by atoms with van der Waals surface area (Å²) in [5.41, 5.74) is 7.16. The number of hydrogen-bond donors (Lipinski definition) is 2. The van der Waals surface area contributed by atoms with Crippen molar-refractivity contribution in [2.75, 3.05) is 5.32 Å². The lowest BCUT2D eigenvalue weighted by atomic mass is 10.1. The van der Waals surface area contributed by atoms with Gasteiger partial charge in [-0.15, -0.1) is 0 Å². The number of carbonyl (C=O) groups is 1. The molecule has 0 saturated carbocycles. The van der Waals surface area contributed by atoms with Gasteiger partial charge < -0.3 is 11.1 Å². The molecule has 2 aromatic rings. The Morgan fingerprint density at radius 3 is 3.00 bits per heavy atom. The Labute approximate surface area is 122 Å². The Balaban J connectivity index is 2.26. The fourth-order valence-electron chi connectivity index (χ4n) is 1.89. The van der Waals surface area contributed by atoms with Gasteiger partial charge in [0.15, 0.2) is 0 Å². The first-order valence-corrected chi connectivity index (χ1v) is 6.85. The third-order valence-electron chi connectivity index (χ3n) is 2.90. The molecule has 0 fully saturated rings. The van der Waals surface area contributed by atoms with Crippen LogP contribution in [0.25, 0.3) is 5.69 Å². The van der Waals surface area contributed by atoms with Gasteiger partial charge in [-0.2, -0.15) is 5.10 Å². The molecule has 0 saturated heterocycles. The van der Waals surface area contributed by atoms with E-state index in [1.807, 2.05) is 13.0 Å². The summed E-state index contributed by atoms with van der Waals surface area (Å²) in [4.78, 5) is 12.0. The zero-order valence-corrected chi connectivity index (χ0v) is 12.0. The van der Waals surface area contributed by atoms with Crippen molar-refractivity contribution in [2.45, 2.75) is 25.8 Å². The molecule has 2 rings (SSSR count). The van der Waals surface area contributed by atoms with Crippen LogP contribution >= 0.6 is 11.6 Å². The number of anilines is 1. The van der Waals surface area contributed by atoms with Crippen molar-refractivity contribution in [3.63, 3.8) is 0 Å². The Kier molecular flexibility index (Phi) is 4.76. The molecule has 0 unspecified atom stereocenters. The third kappa shape index (κ3) is 3.37. The third-order valence-corrected chi connectivity index (χ3v) is 3.14. The number of amides is 1. The van der Waals surface area contributed by atoms with E-state index in [9.17, 15) is 4.79 Å². The van der Waals surface area contributed by atoms with Crippen LogP contribution in [0.4, 0.5) is 5.69 Å². The van der Waals surface area contributed by atoms with Crippen molar-refractivity contribution in [2.24, 2.45) is 5.73 Å². The molecule has 106 valence electrons. The molecule has 1 amide bonds. The molecule has 3 N–H and O–H groups in total. The first-order chi connectivity index (χ1) is 9.61. The molecule has 0 spiro atoms. The number of nitrogens with zero attached hydrogens (tertiary/aromatic N) is 2. The van der Waals surface area contributed by atoms with Gasteiger partial charge in [0.1, 0.15) is 0 Å². The number of benzene rings is 1. The van der Waals surface area contributed by atoms with E-state index in [1.54, 1.807) is 35.3 Å². The van der Waals surface area contributed by atoms with Crippen LogP contribution in [0, 0.1) is 0 Å². The van der Waals surface area contributed by atoms with Gasteiger partial charge in [-0.25, -0.2) is 4.68 Å². The lowest BCUT2D eigenvalue weighted by molar-refractivity contribution is -0.117. The summed E-state index contributed by atoms with van der Waals surface area (Å²) in [6, 6.07) is 6.53. The molecular formula is C14H17ClN4O. The highest BCUT2D eigenvalue weighted by atomic mass is 35.5. The quantitative estimate of drug-likeness (QED) is 0.889. The summed E-state index contributed by atoms with van der Waals surface area (Å²) >= 11 is 5.99. The lowest BCUT2D eigenvalue weighted by Crippen LogP contribution is -2.35. The maximum atomic E-state index is 12.0. The number of aromatic nitrogens is 2. The van der Waals surface area contributed by atoms with Crippen LogP contribution in [-0.2, 0) is 4.79 Å². The van der Waals surface area contributed by atoms with Gasteiger partial charge in [-0.3, -0.25) is 4.79 Å². The summed E-state index contributed by atoms with van der Waals surface area (Å²) < 4.78 is 1.66. The van der Waals surface area contributed by atoms with E-state index in [0.717, 1.165) is 12.1 Å². The Hall–Kier alpha value is -1.85. The first-order valence-electron chi connectivity index (χ1n) is 6.48. The molecule has 0 aliphatic rings. The highest BCUT2D eigenvalue weighted by Gasteiger charge is 2.15. The summed E-state index contributed by atoms with van der Waals surface area (Å²) in [7, 11) is 0. The molecule has 1 atom stereocenters. The van der Waals surface area contributed by atoms with Crippen molar-refractivity contribution in [1.29, 1.82) is 0 Å². The second-order valence-electron chi connectivity index (χ2n) is 4.50. The molecule has 20 heavy (non-hydrogen) atoms. The zero-order chi connectivity index (χ0) is 14.5. The minimum absolute atomic E-state index is 0.220. The fourth-order valence-corrected chi connectivity index (χ4v) is 2.06. The van der Waals surface area contributed by atoms with Crippen LogP contribution in [0.1, 0.15) is 19.8 Å². The molecule has 0 aliphatic carbocycles. The van der Waals surface area contributed by atoms with Crippen molar-refractivity contribution in [1.82, 2.24) is 9.78 Å². The number of rotatable bonds is 5. The second-order valence-corrected chi connectivity index (χ2v) is 4.93. The normalized spacial score (nSPS) is 12.2. The van der Waals surface area contributed by atoms with E-state index in [2.05, 4.69) is 10.4 Å². The van der Waals surface area contributed by atoms with Crippen LogP contribution in [-0.4, -0.2) is 21.7 Å². The molecule has 0 bridgehead atoms. The van der Waals surface area contributed by atoms with E-state index < -0.39 is 6.04 Å². The van der Waals surface area contributed by atoms with Crippen LogP contribution in [0.15, 0.2) is 36.7 Å². The van der Waals surface area contributed by atoms with Gasteiger partial charge in [0.25, 0.3) is 0 Å². The second kappa shape index (κ2) is 6.54. The van der Waals surface area contributed by atoms with Gasteiger partial charge in [-0.05, 0) is 30.7 Å². The van der Waals surface area contributed by atoms with Gasteiger partial charge in [-0.1, -0.05) is 24.9 Å². The summed E-state index contributed by atoms with van der Waals surface area (Å²) in [5.74, 6) is -0.220. The van der Waals surface area contributed by atoms with Gasteiger partial charge >= 0.3 is 0 Å². The molecular weight excluding hydrogens is 276 g/mol. The Bertz CT molecular complexity index is 583. The SMILES string of the molecule is CCC[C@H](N)C(=O)Nc1cc(Cl)ccc1-n1cccn1. The summed E-state index contributed by atoms with van der Waals surface area (Å²) in [5, 5.41) is 7.51. The highest BCUT2D eigenvalue weighted by molar-refractivity contribution is 6.31. The minimum Gasteiger partial charge on any atom is -0.323 e. The van der Waals surface area contributed by atoms with E-state index in [0.29, 0.717) is 17.1 Å². The molecule has 0 radical (unpaired) electrons. The molecule has 6 heteroatoms. The Morgan fingerprint density at radius 2 is 2.35 bits per heavy atom. The predicted molar refractivity (Wildman–Crippen MR) is 80.1 cm³/mol. The maximum absolute atomic E-state index is 12.0.